The normalized spacial score (nSPS) is 10.8. The van der Waals surface area contributed by atoms with Gasteiger partial charge in [-0.1, -0.05) is 24.3 Å². The zero-order chi connectivity index (χ0) is 11.4. The molecule has 0 aliphatic heterocycles. The third kappa shape index (κ3) is 2.20. The average molecular weight is 216 g/mol. The maximum Gasteiger partial charge on any atom is 0.159 e. The fraction of sp³-hybridized carbons (Fsp3) is 0. The highest BCUT2D eigenvalue weighted by Gasteiger charge is 2.00. The molecule has 1 aromatic carbocycles. The zero-order valence-electron chi connectivity index (χ0n) is 8.34. The topological polar surface area (TPSA) is 64.2 Å². The molecule has 2 rings (SSSR count). The van der Waals surface area contributed by atoms with E-state index >= 15 is 0 Å². The van der Waals surface area contributed by atoms with Gasteiger partial charge in [-0.05, 0) is 5.56 Å². The minimum atomic E-state index is -0.448. The predicted molar refractivity (Wildman–Crippen MR) is 59.2 cm³/mol. The van der Waals surface area contributed by atoms with Crippen molar-refractivity contribution in [1.29, 1.82) is 0 Å². The molecule has 0 radical (unpaired) electrons. The fourth-order valence-corrected chi connectivity index (χ4v) is 1.27. The molecule has 0 unspecified atom stereocenters. The van der Waals surface area contributed by atoms with E-state index < -0.39 is 5.82 Å². The number of hydrogen-bond donors (Lipinski definition) is 1. The molecule has 2 aromatic rings. The van der Waals surface area contributed by atoms with Crippen LogP contribution in [0.1, 0.15) is 5.56 Å². The second-order valence-corrected chi connectivity index (χ2v) is 3.13. The monoisotopic (exact) mass is 216 g/mol. The number of nitrogens with zero attached hydrogens (tertiary/aromatic N) is 3. The van der Waals surface area contributed by atoms with Crippen LogP contribution in [0.15, 0.2) is 41.8 Å². The smallest absolute Gasteiger partial charge is 0.159 e. The number of benzene rings is 1. The summed E-state index contributed by atoms with van der Waals surface area (Å²) in [5.41, 5.74) is 1.70. The van der Waals surface area contributed by atoms with Gasteiger partial charge in [0, 0.05) is 5.56 Å². The van der Waals surface area contributed by atoms with E-state index in [2.05, 4.69) is 15.1 Å². The van der Waals surface area contributed by atoms with Crippen LogP contribution in [0, 0.1) is 5.82 Å². The Bertz CT molecular complexity index is 490. The summed E-state index contributed by atoms with van der Waals surface area (Å²) in [5.74, 6) is 5.06. The molecule has 0 aliphatic rings. The summed E-state index contributed by atoms with van der Waals surface area (Å²) < 4.78 is 12.6. The molecule has 0 aliphatic carbocycles. The van der Waals surface area contributed by atoms with Crippen molar-refractivity contribution in [2.24, 2.45) is 10.9 Å². The first-order valence-electron chi connectivity index (χ1n) is 4.61. The quantitative estimate of drug-likeness (QED) is 0.471. The minimum Gasteiger partial charge on any atom is -0.323 e. The van der Waals surface area contributed by atoms with Gasteiger partial charge in [-0.2, -0.15) is 5.10 Å². The van der Waals surface area contributed by atoms with Gasteiger partial charge >= 0.3 is 0 Å². The van der Waals surface area contributed by atoms with Gasteiger partial charge in [0.25, 0.3) is 0 Å². The summed E-state index contributed by atoms with van der Waals surface area (Å²) in [4.78, 5) is 7.76. The molecule has 0 saturated heterocycles. The number of rotatable bonds is 2. The number of nitrogens with two attached hydrogens (primary N) is 1. The number of hydrazone groups is 1. The van der Waals surface area contributed by atoms with E-state index in [1.807, 2.05) is 24.3 Å². The number of halogens is 1. The predicted octanol–water partition coefficient (Wildman–Crippen LogP) is 1.58. The highest BCUT2D eigenvalue weighted by molar-refractivity contribution is 5.80. The van der Waals surface area contributed by atoms with Gasteiger partial charge in [0.1, 0.15) is 0 Å². The third-order valence-corrected chi connectivity index (χ3v) is 2.01. The van der Waals surface area contributed by atoms with E-state index in [1.54, 1.807) is 0 Å². The Morgan fingerprint density at radius 1 is 1.12 bits per heavy atom. The molecule has 80 valence electrons. The van der Waals surface area contributed by atoms with Crippen LogP contribution in [0.25, 0.3) is 11.4 Å². The van der Waals surface area contributed by atoms with Crippen LogP contribution in [0.2, 0.25) is 0 Å². The molecular formula is C11H9FN4. The first-order valence-corrected chi connectivity index (χ1v) is 4.61. The van der Waals surface area contributed by atoms with E-state index in [1.165, 1.54) is 6.21 Å². The van der Waals surface area contributed by atoms with Crippen molar-refractivity contribution in [1.82, 2.24) is 9.97 Å². The van der Waals surface area contributed by atoms with Gasteiger partial charge in [-0.25, -0.2) is 14.4 Å². The van der Waals surface area contributed by atoms with Crippen molar-refractivity contribution >= 4 is 6.21 Å². The van der Waals surface area contributed by atoms with Gasteiger partial charge in [-0.3, -0.25) is 0 Å². The lowest BCUT2D eigenvalue weighted by Crippen LogP contribution is -1.91. The standard InChI is InChI=1S/C11H9FN4/c12-10-6-14-11(15-7-10)9-3-1-8(2-4-9)5-16-13/h1-7H,13H2. The van der Waals surface area contributed by atoms with E-state index in [0.29, 0.717) is 5.82 Å². The van der Waals surface area contributed by atoms with Crippen molar-refractivity contribution in [2.75, 3.05) is 0 Å². The molecule has 0 fully saturated rings. The van der Waals surface area contributed by atoms with E-state index in [9.17, 15) is 4.39 Å². The lowest BCUT2D eigenvalue weighted by molar-refractivity contribution is 0.614. The Kier molecular flexibility index (Phi) is 2.86. The molecule has 4 nitrogen and oxygen atoms in total. The van der Waals surface area contributed by atoms with Crippen LogP contribution in [-0.4, -0.2) is 16.2 Å². The van der Waals surface area contributed by atoms with E-state index in [4.69, 9.17) is 5.84 Å². The Hall–Kier alpha value is -2.30. The summed E-state index contributed by atoms with van der Waals surface area (Å²) in [6.45, 7) is 0. The summed E-state index contributed by atoms with van der Waals surface area (Å²) >= 11 is 0. The van der Waals surface area contributed by atoms with Gasteiger partial charge in [0.15, 0.2) is 11.6 Å². The number of aromatic nitrogens is 2. The highest BCUT2D eigenvalue weighted by Crippen LogP contribution is 2.14. The highest BCUT2D eigenvalue weighted by atomic mass is 19.1. The Morgan fingerprint density at radius 3 is 2.31 bits per heavy atom. The maximum atomic E-state index is 12.6. The molecule has 0 amide bonds. The molecule has 0 spiro atoms. The average Bonchev–Trinajstić information content (AvgIpc) is 2.32. The van der Waals surface area contributed by atoms with Gasteiger partial charge in [0.2, 0.25) is 0 Å². The van der Waals surface area contributed by atoms with Crippen molar-refractivity contribution in [3.8, 4) is 11.4 Å². The molecular weight excluding hydrogens is 207 g/mol. The summed E-state index contributed by atoms with van der Waals surface area (Å²) in [6.07, 6.45) is 3.81. The summed E-state index contributed by atoms with van der Waals surface area (Å²) in [5, 5.41) is 3.41. The summed E-state index contributed by atoms with van der Waals surface area (Å²) in [6, 6.07) is 7.31. The molecule has 0 bridgehead atoms. The second kappa shape index (κ2) is 4.48. The van der Waals surface area contributed by atoms with Crippen molar-refractivity contribution in [3.63, 3.8) is 0 Å². The van der Waals surface area contributed by atoms with Crippen LogP contribution in [-0.2, 0) is 0 Å². The van der Waals surface area contributed by atoms with Crippen LogP contribution in [0.4, 0.5) is 4.39 Å². The second-order valence-electron chi connectivity index (χ2n) is 3.13. The minimum absolute atomic E-state index is 0.448. The number of hydrogen-bond acceptors (Lipinski definition) is 4. The maximum absolute atomic E-state index is 12.6. The lowest BCUT2D eigenvalue weighted by Gasteiger charge is -1.99. The third-order valence-electron chi connectivity index (χ3n) is 2.01. The van der Waals surface area contributed by atoms with Crippen molar-refractivity contribution in [2.45, 2.75) is 0 Å². The first kappa shape index (κ1) is 10.2. The van der Waals surface area contributed by atoms with Gasteiger partial charge in [-0.15, -0.1) is 0 Å². The molecule has 0 saturated carbocycles. The summed E-state index contributed by atoms with van der Waals surface area (Å²) in [7, 11) is 0. The largest absolute Gasteiger partial charge is 0.323 e. The van der Waals surface area contributed by atoms with Crippen molar-refractivity contribution in [3.05, 3.63) is 48.0 Å². The van der Waals surface area contributed by atoms with Gasteiger partial charge in [0.05, 0.1) is 18.6 Å². The molecule has 1 aromatic heterocycles. The molecule has 5 heteroatoms. The van der Waals surface area contributed by atoms with Crippen LogP contribution >= 0.6 is 0 Å². The first-order chi connectivity index (χ1) is 7.79. The van der Waals surface area contributed by atoms with E-state index in [0.717, 1.165) is 23.5 Å². The van der Waals surface area contributed by atoms with Crippen LogP contribution in [0.5, 0.6) is 0 Å². The Morgan fingerprint density at radius 2 is 1.75 bits per heavy atom. The van der Waals surface area contributed by atoms with Gasteiger partial charge < -0.3 is 5.84 Å². The lowest BCUT2D eigenvalue weighted by atomic mass is 10.1. The van der Waals surface area contributed by atoms with Crippen LogP contribution in [0.3, 0.4) is 0 Å². The Balaban J connectivity index is 2.31. The molecule has 2 N–H and O–H groups in total. The Labute approximate surface area is 91.7 Å². The SMILES string of the molecule is NN=Cc1ccc(-c2ncc(F)cn2)cc1. The molecule has 0 atom stereocenters. The van der Waals surface area contributed by atoms with Crippen LogP contribution < -0.4 is 5.84 Å². The fourth-order valence-electron chi connectivity index (χ4n) is 1.27. The molecule has 16 heavy (non-hydrogen) atoms. The van der Waals surface area contributed by atoms with Crippen molar-refractivity contribution < 1.29 is 4.39 Å². The molecule has 1 heterocycles. The van der Waals surface area contributed by atoms with E-state index in [-0.39, 0.29) is 0 Å². The zero-order valence-corrected chi connectivity index (χ0v) is 8.34.